The van der Waals surface area contributed by atoms with Gasteiger partial charge in [0.25, 0.3) is 0 Å². The smallest absolute Gasteiger partial charge is 0.118 e. The molecule has 1 aliphatic heterocycles. The van der Waals surface area contributed by atoms with Crippen LogP contribution in [0.2, 0.25) is 0 Å². The molecule has 1 fully saturated rings. The lowest BCUT2D eigenvalue weighted by atomic mass is 10.1. The van der Waals surface area contributed by atoms with Gasteiger partial charge in [0, 0.05) is 19.6 Å². The van der Waals surface area contributed by atoms with E-state index in [1.54, 1.807) is 7.11 Å². The highest BCUT2D eigenvalue weighted by Crippen LogP contribution is 2.12. The molecule has 1 aliphatic rings. The minimum atomic E-state index is -0.444. The lowest BCUT2D eigenvalue weighted by Gasteiger charge is -2.27. The summed E-state index contributed by atoms with van der Waals surface area (Å²) in [5.74, 6) is 0.839. The van der Waals surface area contributed by atoms with Crippen LogP contribution in [0.4, 0.5) is 0 Å². The molecule has 20 heavy (non-hydrogen) atoms. The van der Waals surface area contributed by atoms with Crippen molar-refractivity contribution in [2.75, 3.05) is 40.0 Å². The lowest BCUT2D eigenvalue weighted by molar-refractivity contribution is 0.0223. The number of hydrogen-bond acceptors (Lipinski definition) is 4. The van der Waals surface area contributed by atoms with Crippen molar-refractivity contribution in [3.8, 4) is 5.75 Å². The third-order valence-corrected chi connectivity index (χ3v) is 3.18. The third-order valence-electron chi connectivity index (χ3n) is 3.18. The fourth-order valence-electron chi connectivity index (χ4n) is 2.05. The summed E-state index contributed by atoms with van der Waals surface area (Å²) >= 11 is 0. The van der Waals surface area contributed by atoms with Crippen LogP contribution in [0.1, 0.15) is 5.56 Å². The Balaban J connectivity index is 0.00000200. The van der Waals surface area contributed by atoms with Gasteiger partial charge in [-0.3, -0.25) is 4.90 Å². The maximum absolute atomic E-state index is 9.97. The number of benzene rings is 1. The average Bonchev–Trinajstić information content (AvgIpc) is 2.47. The van der Waals surface area contributed by atoms with E-state index in [1.165, 1.54) is 0 Å². The molecule has 0 aliphatic carbocycles. The Bertz CT molecular complexity index is 402. The van der Waals surface area contributed by atoms with E-state index in [0.717, 1.165) is 37.6 Å². The van der Waals surface area contributed by atoms with Crippen LogP contribution in [0.15, 0.2) is 30.3 Å². The van der Waals surface area contributed by atoms with Gasteiger partial charge in [-0.15, -0.1) is 12.4 Å². The monoisotopic (exact) mass is 299 g/mol. The van der Waals surface area contributed by atoms with Crippen LogP contribution in [0.5, 0.6) is 5.75 Å². The van der Waals surface area contributed by atoms with E-state index in [1.807, 2.05) is 36.4 Å². The standard InChI is InChI=1S/C15H21NO3.ClH/c1-18-15-6-3-13(4-7-15)2-5-14(17)12-16-8-10-19-11-9-16;/h2-7,14,17H,8-12H2,1H3;1H. The zero-order valence-corrected chi connectivity index (χ0v) is 12.5. The number of aliphatic hydroxyl groups excluding tert-OH is 1. The van der Waals surface area contributed by atoms with Crippen LogP contribution < -0.4 is 4.74 Å². The van der Waals surface area contributed by atoms with Gasteiger partial charge in [0.1, 0.15) is 5.75 Å². The van der Waals surface area contributed by atoms with E-state index >= 15 is 0 Å². The zero-order chi connectivity index (χ0) is 13.5. The van der Waals surface area contributed by atoms with Crippen LogP contribution in [0.25, 0.3) is 6.08 Å². The lowest BCUT2D eigenvalue weighted by Crippen LogP contribution is -2.40. The normalized spacial score (nSPS) is 17.7. The molecule has 1 aromatic carbocycles. The summed E-state index contributed by atoms with van der Waals surface area (Å²) in [6, 6.07) is 7.76. The van der Waals surface area contributed by atoms with E-state index < -0.39 is 6.10 Å². The van der Waals surface area contributed by atoms with E-state index in [-0.39, 0.29) is 12.4 Å². The van der Waals surface area contributed by atoms with Crippen molar-refractivity contribution < 1.29 is 14.6 Å². The topological polar surface area (TPSA) is 41.9 Å². The molecule has 0 aromatic heterocycles. The third kappa shape index (κ3) is 5.51. The Morgan fingerprint density at radius 3 is 2.55 bits per heavy atom. The van der Waals surface area contributed by atoms with Gasteiger partial charge in [-0.05, 0) is 17.7 Å². The summed E-state index contributed by atoms with van der Waals surface area (Å²) in [5.41, 5.74) is 1.06. The Labute approximate surface area is 126 Å². The van der Waals surface area contributed by atoms with Crippen LogP contribution >= 0.6 is 12.4 Å². The number of hydrogen-bond donors (Lipinski definition) is 1. The first-order valence-electron chi connectivity index (χ1n) is 6.58. The van der Waals surface area contributed by atoms with Gasteiger partial charge in [-0.25, -0.2) is 0 Å². The predicted octanol–water partition coefficient (Wildman–Crippen LogP) is 1.82. The molecule has 5 heteroatoms. The molecule has 1 aromatic rings. The van der Waals surface area contributed by atoms with Gasteiger partial charge in [-0.1, -0.05) is 24.3 Å². The summed E-state index contributed by atoms with van der Waals surface area (Å²) in [6.45, 7) is 3.97. The van der Waals surface area contributed by atoms with Crippen molar-refractivity contribution >= 4 is 18.5 Å². The predicted molar refractivity (Wildman–Crippen MR) is 82.5 cm³/mol. The molecule has 1 unspecified atom stereocenters. The fraction of sp³-hybridized carbons (Fsp3) is 0.467. The van der Waals surface area contributed by atoms with Gasteiger partial charge >= 0.3 is 0 Å². The van der Waals surface area contributed by atoms with Crippen molar-refractivity contribution in [3.63, 3.8) is 0 Å². The molecule has 4 nitrogen and oxygen atoms in total. The number of rotatable bonds is 5. The first kappa shape index (κ1) is 17.0. The summed E-state index contributed by atoms with van der Waals surface area (Å²) in [4.78, 5) is 2.21. The van der Waals surface area contributed by atoms with Crippen molar-refractivity contribution in [1.82, 2.24) is 4.90 Å². The van der Waals surface area contributed by atoms with Crippen LogP contribution in [0, 0.1) is 0 Å². The van der Waals surface area contributed by atoms with E-state index in [2.05, 4.69) is 4.90 Å². The maximum atomic E-state index is 9.97. The number of methoxy groups -OCH3 is 1. The number of morpholine rings is 1. The second-order valence-corrected chi connectivity index (χ2v) is 4.61. The first-order valence-corrected chi connectivity index (χ1v) is 6.58. The SMILES string of the molecule is COc1ccc(C=CC(O)CN2CCOCC2)cc1.Cl. The molecule has 0 saturated carbocycles. The molecule has 0 amide bonds. The Morgan fingerprint density at radius 2 is 1.95 bits per heavy atom. The zero-order valence-electron chi connectivity index (χ0n) is 11.7. The molecule has 2 rings (SSSR count). The van der Waals surface area contributed by atoms with Gasteiger partial charge in [0.2, 0.25) is 0 Å². The number of β-amino-alcohol motifs (C(OH)–C–C–N with tert-alkyl or cyclic N) is 1. The van der Waals surface area contributed by atoms with Crippen LogP contribution in [-0.2, 0) is 4.74 Å². The first-order chi connectivity index (χ1) is 9.28. The summed E-state index contributed by atoms with van der Waals surface area (Å²) < 4.78 is 10.4. The van der Waals surface area contributed by atoms with Crippen LogP contribution in [0.3, 0.4) is 0 Å². The summed E-state index contributed by atoms with van der Waals surface area (Å²) in [5, 5.41) is 9.97. The second-order valence-electron chi connectivity index (χ2n) is 4.61. The van der Waals surface area contributed by atoms with Gasteiger partial charge in [0.15, 0.2) is 0 Å². The van der Waals surface area contributed by atoms with Gasteiger partial charge in [0.05, 0.1) is 26.4 Å². The van der Waals surface area contributed by atoms with Crippen molar-refractivity contribution in [3.05, 3.63) is 35.9 Å². The maximum Gasteiger partial charge on any atom is 0.118 e. The number of aliphatic hydroxyl groups is 1. The largest absolute Gasteiger partial charge is 0.497 e. The average molecular weight is 300 g/mol. The molecular weight excluding hydrogens is 278 g/mol. The van der Waals surface area contributed by atoms with Crippen molar-refractivity contribution in [2.24, 2.45) is 0 Å². The Morgan fingerprint density at radius 1 is 1.30 bits per heavy atom. The Kier molecular flexibility index (Phi) is 7.62. The molecule has 0 radical (unpaired) electrons. The van der Waals surface area contributed by atoms with E-state index in [0.29, 0.717) is 6.54 Å². The highest BCUT2D eigenvalue weighted by atomic mass is 35.5. The molecule has 1 N–H and O–H groups in total. The van der Waals surface area contributed by atoms with Gasteiger partial charge in [-0.2, -0.15) is 0 Å². The second kappa shape index (κ2) is 8.97. The van der Waals surface area contributed by atoms with Gasteiger partial charge < -0.3 is 14.6 Å². The highest BCUT2D eigenvalue weighted by molar-refractivity contribution is 5.85. The molecule has 1 heterocycles. The fourth-order valence-corrected chi connectivity index (χ4v) is 2.05. The van der Waals surface area contributed by atoms with Crippen molar-refractivity contribution in [2.45, 2.75) is 6.10 Å². The number of halogens is 1. The molecule has 112 valence electrons. The minimum Gasteiger partial charge on any atom is -0.497 e. The molecule has 0 bridgehead atoms. The quantitative estimate of drug-likeness (QED) is 0.900. The molecular formula is C15H22ClNO3. The number of nitrogens with zero attached hydrogens (tertiary/aromatic N) is 1. The Hall–Kier alpha value is -1.07. The van der Waals surface area contributed by atoms with E-state index in [4.69, 9.17) is 9.47 Å². The van der Waals surface area contributed by atoms with E-state index in [9.17, 15) is 5.11 Å². The summed E-state index contributed by atoms with van der Waals surface area (Å²) in [7, 11) is 1.65. The van der Waals surface area contributed by atoms with Crippen molar-refractivity contribution in [1.29, 1.82) is 0 Å². The molecule has 0 spiro atoms. The summed E-state index contributed by atoms with van der Waals surface area (Å²) in [6.07, 6.45) is 3.32. The van der Waals surface area contributed by atoms with Crippen LogP contribution in [-0.4, -0.2) is 56.1 Å². The number of ether oxygens (including phenoxy) is 2. The molecule has 1 saturated heterocycles. The molecule has 1 atom stereocenters. The minimum absolute atomic E-state index is 0. The highest BCUT2D eigenvalue weighted by Gasteiger charge is 2.12.